The minimum Gasteiger partial charge on any atom is -0.497 e. The van der Waals surface area contributed by atoms with Crippen LogP contribution in [0.1, 0.15) is 25.1 Å². The molecule has 114 valence electrons. The van der Waals surface area contributed by atoms with E-state index in [0.717, 1.165) is 34.5 Å². The number of hydrazine groups is 1. The predicted octanol–water partition coefficient (Wildman–Crippen LogP) is 2.15. The van der Waals surface area contributed by atoms with Gasteiger partial charge in [0.15, 0.2) is 0 Å². The van der Waals surface area contributed by atoms with Crippen molar-refractivity contribution in [1.82, 2.24) is 9.99 Å². The SMILES string of the molecule is COc1ccc2c(c1)c(CC(=O)NN)c(C)n2CC(C)C. The Hall–Kier alpha value is -2.01. The third-order valence-electron chi connectivity index (χ3n) is 3.71. The summed E-state index contributed by atoms with van der Waals surface area (Å²) in [6.45, 7) is 7.33. The fraction of sp³-hybridized carbons (Fsp3) is 0.438. The molecule has 0 spiro atoms. The van der Waals surface area contributed by atoms with Gasteiger partial charge in [0.2, 0.25) is 5.91 Å². The second kappa shape index (κ2) is 6.18. The molecule has 1 heterocycles. The summed E-state index contributed by atoms with van der Waals surface area (Å²) in [4.78, 5) is 11.7. The van der Waals surface area contributed by atoms with E-state index in [9.17, 15) is 4.79 Å². The first kappa shape index (κ1) is 15.4. The Labute approximate surface area is 125 Å². The molecule has 5 heteroatoms. The van der Waals surface area contributed by atoms with E-state index in [1.165, 1.54) is 0 Å². The van der Waals surface area contributed by atoms with E-state index in [4.69, 9.17) is 10.6 Å². The van der Waals surface area contributed by atoms with Gasteiger partial charge in [-0.05, 0) is 36.6 Å². The van der Waals surface area contributed by atoms with Crippen LogP contribution in [0.5, 0.6) is 5.75 Å². The highest BCUT2D eigenvalue weighted by Gasteiger charge is 2.17. The molecule has 0 aliphatic carbocycles. The van der Waals surface area contributed by atoms with Crippen molar-refractivity contribution in [2.24, 2.45) is 11.8 Å². The summed E-state index contributed by atoms with van der Waals surface area (Å²) in [7, 11) is 1.64. The lowest BCUT2D eigenvalue weighted by Gasteiger charge is -2.11. The number of ether oxygens (including phenoxy) is 1. The van der Waals surface area contributed by atoms with E-state index in [-0.39, 0.29) is 12.3 Å². The largest absolute Gasteiger partial charge is 0.497 e. The summed E-state index contributed by atoms with van der Waals surface area (Å²) in [5.74, 6) is 6.35. The second-order valence-electron chi connectivity index (χ2n) is 5.70. The molecule has 0 unspecified atom stereocenters. The third kappa shape index (κ3) is 3.03. The molecule has 0 radical (unpaired) electrons. The molecule has 0 aliphatic rings. The number of amides is 1. The Morgan fingerprint density at radius 3 is 2.71 bits per heavy atom. The average molecular weight is 289 g/mol. The van der Waals surface area contributed by atoms with Crippen molar-refractivity contribution in [2.75, 3.05) is 7.11 Å². The number of nitrogens with two attached hydrogens (primary N) is 1. The van der Waals surface area contributed by atoms with Gasteiger partial charge in [-0.15, -0.1) is 0 Å². The quantitative estimate of drug-likeness (QED) is 0.503. The Morgan fingerprint density at radius 1 is 1.43 bits per heavy atom. The molecule has 0 aliphatic heterocycles. The maximum Gasteiger partial charge on any atom is 0.238 e. The van der Waals surface area contributed by atoms with Crippen LogP contribution in [0, 0.1) is 12.8 Å². The molecule has 0 fully saturated rings. The van der Waals surface area contributed by atoms with Crippen LogP contribution in [0.15, 0.2) is 18.2 Å². The molecule has 0 atom stereocenters. The number of hydrogen-bond donors (Lipinski definition) is 2. The van der Waals surface area contributed by atoms with Gasteiger partial charge in [0.1, 0.15) is 5.75 Å². The lowest BCUT2D eigenvalue weighted by Crippen LogP contribution is -2.31. The van der Waals surface area contributed by atoms with Crippen molar-refractivity contribution in [3.63, 3.8) is 0 Å². The van der Waals surface area contributed by atoms with Crippen LogP contribution >= 0.6 is 0 Å². The number of aromatic nitrogens is 1. The molecule has 1 amide bonds. The van der Waals surface area contributed by atoms with Gasteiger partial charge in [0.05, 0.1) is 13.5 Å². The molecule has 2 aromatic rings. The lowest BCUT2D eigenvalue weighted by molar-refractivity contribution is -0.120. The van der Waals surface area contributed by atoms with Crippen molar-refractivity contribution < 1.29 is 9.53 Å². The number of carbonyl (C=O) groups is 1. The van der Waals surface area contributed by atoms with Gasteiger partial charge in [-0.3, -0.25) is 10.2 Å². The summed E-state index contributed by atoms with van der Waals surface area (Å²) in [5, 5.41) is 1.05. The Bertz CT molecular complexity index is 659. The van der Waals surface area contributed by atoms with Crippen LogP contribution in [-0.2, 0) is 17.8 Å². The minimum atomic E-state index is -0.190. The number of benzene rings is 1. The summed E-state index contributed by atoms with van der Waals surface area (Å²) in [6.07, 6.45) is 0.275. The van der Waals surface area contributed by atoms with E-state index in [1.54, 1.807) is 7.11 Å². The van der Waals surface area contributed by atoms with Crippen LogP contribution in [0.2, 0.25) is 0 Å². The van der Waals surface area contributed by atoms with Crippen molar-refractivity contribution in [1.29, 1.82) is 0 Å². The van der Waals surface area contributed by atoms with E-state index in [0.29, 0.717) is 5.92 Å². The smallest absolute Gasteiger partial charge is 0.238 e. The summed E-state index contributed by atoms with van der Waals surface area (Å²) in [5.41, 5.74) is 5.45. The third-order valence-corrected chi connectivity index (χ3v) is 3.71. The predicted molar refractivity (Wildman–Crippen MR) is 84.1 cm³/mol. The number of carbonyl (C=O) groups excluding carboxylic acids is 1. The van der Waals surface area contributed by atoms with Gasteiger partial charge in [-0.1, -0.05) is 13.8 Å². The number of nitrogens with zero attached hydrogens (tertiary/aromatic N) is 1. The van der Waals surface area contributed by atoms with E-state index >= 15 is 0 Å². The molecule has 5 nitrogen and oxygen atoms in total. The number of rotatable bonds is 5. The minimum absolute atomic E-state index is 0.190. The number of fused-ring (bicyclic) bond motifs is 1. The van der Waals surface area contributed by atoms with Crippen molar-refractivity contribution in [3.05, 3.63) is 29.5 Å². The number of methoxy groups -OCH3 is 1. The first-order valence-electron chi connectivity index (χ1n) is 7.13. The van der Waals surface area contributed by atoms with E-state index < -0.39 is 0 Å². The van der Waals surface area contributed by atoms with Crippen molar-refractivity contribution in [2.45, 2.75) is 33.7 Å². The summed E-state index contributed by atoms with van der Waals surface area (Å²) < 4.78 is 7.57. The topological polar surface area (TPSA) is 69.3 Å². The van der Waals surface area contributed by atoms with E-state index in [2.05, 4.69) is 23.8 Å². The molecule has 0 saturated carbocycles. The zero-order valence-electron chi connectivity index (χ0n) is 13.1. The van der Waals surface area contributed by atoms with Gasteiger partial charge in [-0.2, -0.15) is 0 Å². The first-order chi connectivity index (χ1) is 9.97. The Balaban J connectivity index is 2.63. The highest BCUT2D eigenvalue weighted by molar-refractivity contribution is 5.91. The Morgan fingerprint density at radius 2 is 2.14 bits per heavy atom. The highest BCUT2D eigenvalue weighted by atomic mass is 16.5. The molecule has 0 saturated heterocycles. The summed E-state index contributed by atoms with van der Waals surface area (Å²) in [6, 6.07) is 5.98. The number of hydrogen-bond acceptors (Lipinski definition) is 3. The second-order valence-corrected chi connectivity index (χ2v) is 5.70. The van der Waals surface area contributed by atoms with Crippen LogP contribution in [0.25, 0.3) is 10.9 Å². The Kier molecular flexibility index (Phi) is 4.53. The van der Waals surface area contributed by atoms with Crippen LogP contribution < -0.4 is 16.0 Å². The van der Waals surface area contributed by atoms with Crippen LogP contribution in [-0.4, -0.2) is 17.6 Å². The van der Waals surface area contributed by atoms with Gasteiger partial charge in [0, 0.05) is 23.1 Å². The normalized spacial score (nSPS) is 11.1. The maximum atomic E-state index is 11.7. The fourth-order valence-corrected chi connectivity index (χ4v) is 2.69. The molecule has 21 heavy (non-hydrogen) atoms. The fourth-order valence-electron chi connectivity index (χ4n) is 2.69. The zero-order valence-corrected chi connectivity index (χ0v) is 13.1. The standard InChI is InChI=1S/C16H23N3O2/c1-10(2)9-19-11(3)13(8-16(20)18-17)14-7-12(21-4)5-6-15(14)19/h5-7,10H,8-9,17H2,1-4H3,(H,18,20). The van der Waals surface area contributed by atoms with Crippen molar-refractivity contribution in [3.8, 4) is 5.75 Å². The van der Waals surface area contributed by atoms with Crippen LogP contribution in [0.4, 0.5) is 0 Å². The molecule has 1 aromatic carbocycles. The monoisotopic (exact) mass is 289 g/mol. The van der Waals surface area contributed by atoms with Crippen molar-refractivity contribution >= 4 is 16.8 Å². The van der Waals surface area contributed by atoms with Gasteiger partial charge < -0.3 is 9.30 Å². The molecular weight excluding hydrogens is 266 g/mol. The van der Waals surface area contributed by atoms with Gasteiger partial charge >= 0.3 is 0 Å². The summed E-state index contributed by atoms with van der Waals surface area (Å²) >= 11 is 0. The molecule has 0 bridgehead atoms. The van der Waals surface area contributed by atoms with Gasteiger partial charge in [0.25, 0.3) is 0 Å². The molecule has 3 N–H and O–H groups in total. The molecule has 1 aromatic heterocycles. The number of nitrogens with one attached hydrogen (secondary N) is 1. The maximum absolute atomic E-state index is 11.7. The highest BCUT2D eigenvalue weighted by Crippen LogP contribution is 2.30. The van der Waals surface area contributed by atoms with Gasteiger partial charge in [-0.25, -0.2) is 5.84 Å². The van der Waals surface area contributed by atoms with E-state index in [1.807, 2.05) is 25.1 Å². The first-order valence-corrected chi connectivity index (χ1v) is 7.13. The molecular formula is C16H23N3O2. The zero-order chi connectivity index (χ0) is 15.6. The lowest BCUT2D eigenvalue weighted by atomic mass is 10.1. The average Bonchev–Trinajstić information content (AvgIpc) is 2.71. The van der Waals surface area contributed by atoms with Crippen LogP contribution in [0.3, 0.4) is 0 Å². The molecule has 2 rings (SSSR count).